The van der Waals surface area contributed by atoms with Gasteiger partial charge in [0.15, 0.2) is 0 Å². The normalized spacial score (nSPS) is 20.2. The SMILES string of the molecule is CCCNC(CC)C(C)N(CC(F)(F)F)C1CC1. The van der Waals surface area contributed by atoms with Crippen molar-refractivity contribution in [3.63, 3.8) is 0 Å². The molecule has 5 heteroatoms. The van der Waals surface area contributed by atoms with Crippen molar-refractivity contribution >= 4 is 0 Å². The van der Waals surface area contributed by atoms with Crippen molar-refractivity contribution in [3.05, 3.63) is 0 Å². The summed E-state index contributed by atoms with van der Waals surface area (Å²) >= 11 is 0. The van der Waals surface area contributed by atoms with Gasteiger partial charge in [-0.25, -0.2) is 0 Å². The smallest absolute Gasteiger partial charge is 0.312 e. The van der Waals surface area contributed by atoms with Crippen LogP contribution in [0.3, 0.4) is 0 Å². The van der Waals surface area contributed by atoms with Crippen molar-refractivity contribution in [3.8, 4) is 0 Å². The summed E-state index contributed by atoms with van der Waals surface area (Å²) in [5.41, 5.74) is 0. The molecule has 2 atom stereocenters. The summed E-state index contributed by atoms with van der Waals surface area (Å²) in [4.78, 5) is 1.64. The first kappa shape index (κ1) is 15.8. The van der Waals surface area contributed by atoms with Crippen molar-refractivity contribution in [2.75, 3.05) is 13.1 Å². The molecule has 1 saturated carbocycles. The molecule has 0 heterocycles. The molecule has 0 spiro atoms. The highest BCUT2D eigenvalue weighted by molar-refractivity contribution is 4.92. The molecule has 0 radical (unpaired) electrons. The summed E-state index contributed by atoms with van der Waals surface area (Å²) in [5, 5.41) is 3.36. The lowest BCUT2D eigenvalue weighted by Gasteiger charge is -2.35. The Bertz CT molecular complexity index is 239. The molecule has 0 amide bonds. The van der Waals surface area contributed by atoms with Gasteiger partial charge in [0.1, 0.15) is 0 Å². The lowest BCUT2D eigenvalue weighted by atomic mass is 10.0. The predicted octanol–water partition coefficient (Wildman–Crippen LogP) is 3.18. The molecule has 2 unspecified atom stereocenters. The van der Waals surface area contributed by atoms with E-state index in [1.54, 1.807) is 4.90 Å². The van der Waals surface area contributed by atoms with E-state index in [-0.39, 0.29) is 18.1 Å². The average molecular weight is 266 g/mol. The molecular weight excluding hydrogens is 241 g/mol. The Hall–Kier alpha value is -0.290. The maximum atomic E-state index is 12.6. The fraction of sp³-hybridized carbons (Fsp3) is 1.00. The zero-order chi connectivity index (χ0) is 13.8. The van der Waals surface area contributed by atoms with Crippen LogP contribution in [0.15, 0.2) is 0 Å². The minimum atomic E-state index is -4.10. The van der Waals surface area contributed by atoms with Gasteiger partial charge in [0, 0.05) is 18.1 Å². The number of hydrogen-bond donors (Lipinski definition) is 1. The molecule has 1 fully saturated rings. The number of halogens is 3. The second-order valence-corrected chi connectivity index (χ2v) is 5.23. The van der Waals surface area contributed by atoms with Gasteiger partial charge in [-0.2, -0.15) is 13.2 Å². The number of hydrogen-bond acceptors (Lipinski definition) is 2. The van der Waals surface area contributed by atoms with E-state index in [4.69, 9.17) is 0 Å². The van der Waals surface area contributed by atoms with Crippen molar-refractivity contribution in [1.29, 1.82) is 0 Å². The van der Waals surface area contributed by atoms with Crippen LogP contribution in [0.4, 0.5) is 13.2 Å². The second-order valence-electron chi connectivity index (χ2n) is 5.23. The zero-order valence-corrected chi connectivity index (χ0v) is 11.6. The van der Waals surface area contributed by atoms with Crippen molar-refractivity contribution in [2.45, 2.75) is 70.8 Å². The fourth-order valence-corrected chi connectivity index (χ4v) is 2.44. The Morgan fingerprint density at radius 1 is 1.28 bits per heavy atom. The molecule has 18 heavy (non-hydrogen) atoms. The van der Waals surface area contributed by atoms with Gasteiger partial charge in [-0.05, 0) is 39.2 Å². The molecule has 1 rings (SSSR count). The van der Waals surface area contributed by atoms with Crippen molar-refractivity contribution in [1.82, 2.24) is 10.2 Å². The molecule has 0 bridgehead atoms. The number of rotatable bonds is 8. The number of alkyl halides is 3. The van der Waals surface area contributed by atoms with Crippen LogP contribution in [0, 0.1) is 0 Å². The summed E-state index contributed by atoms with van der Waals surface area (Å²) < 4.78 is 37.8. The molecule has 0 aliphatic heterocycles. The van der Waals surface area contributed by atoms with Crippen LogP contribution in [-0.4, -0.2) is 42.3 Å². The summed E-state index contributed by atoms with van der Waals surface area (Å²) in [5.74, 6) is 0. The van der Waals surface area contributed by atoms with E-state index in [0.29, 0.717) is 0 Å². The van der Waals surface area contributed by atoms with Crippen LogP contribution < -0.4 is 5.32 Å². The van der Waals surface area contributed by atoms with Gasteiger partial charge in [0.05, 0.1) is 6.54 Å². The average Bonchev–Trinajstić information content (AvgIpc) is 3.09. The van der Waals surface area contributed by atoms with Gasteiger partial charge < -0.3 is 5.32 Å². The van der Waals surface area contributed by atoms with Crippen LogP contribution in [0.2, 0.25) is 0 Å². The van der Waals surface area contributed by atoms with Gasteiger partial charge in [-0.1, -0.05) is 13.8 Å². The molecule has 0 aromatic carbocycles. The first-order valence-corrected chi connectivity index (χ1v) is 6.94. The Balaban J connectivity index is 2.59. The summed E-state index contributed by atoms with van der Waals surface area (Å²) in [6.45, 7) is 6.11. The molecule has 2 nitrogen and oxygen atoms in total. The number of nitrogens with one attached hydrogen (secondary N) is 1. The summed E-state index contributed by atoms with van der Waals surface area (Å²) in [6, 6.07) is 0.225. The minimum absolute atomic E-state index is 0.0596. The van der Waals surface area contributed by atoms with E-state index in [1.165, 1.54) is 0 Å². The topological polar surface area (TPSA) is 15.3 Å². The van der Waals surface area contributed by atoms with Gasteiger partial charge in [-0.15, -0.1) is 0 Å². The summed E-state index contributed by atoms with van der Waals surface area (Å²) in [6.07, 6.45) is -0.413. The van der Waals surface area contributed by atoms with Crippen molar-refractivity contribution in [2.24, 2.45) is 0 Å². The van der Waals surface area contributed by atoms with E-state index in [1.807, 2.05) is 13.8 Å². The van der Waals surface area contributed by atoms with E-state index < -0.39 is 12.7 Å². The highest BCUT2D eigenvalue weighted by Crippen LogP contribution is 2.32. The Kier molecular flexibility index (Phi) is 5.92. The molecule has 0 aromatic heterocycles. The maximum Gasteiger partial charge on any atom is 0.401 e. The van der Waals surface area contributed by atoms with Crippen LogP contribution in [-0.2, 0) is 0 Å². The monoisotopic (exact) mass is 266 g/mol. The van der Waals surface area contributed by atoms with Gasteiger partial charge >= 0.3 is 6.18 Å². The lowest BCUT2D eigenvalue weighted by Crippen LogP contribution is -2.52. The van der Waals surface area contributed by atoms with Crippen LogP contribution in [0.25, 0.3) is 0 Å². The third-order valence-electron chi connectivity index (χ3n) is 3.58. The molecule has 0 aromatic rings. The fourth-order valence-electron chi connectivity index (χ4n) is 2.44. The summed E-state index contributed by atoms with van der Waals surface area (Å²) in [7, 11) is 0. The van der Waals surface area contributed by atoms with Gasteiger partial charge in [-0.3, -0.25) is 4.90 Å². The zero-order valence-electron chi connectivity index (χ0n) is 11.6. The first-order valence-electron chi connectivity index (χ1n) is 6.94. The van der Waals surface area contributed by atoms with E-state index in [9.17, 15) is 13.2 Å². The Morgan fingerprint density at radius 2 is 1.89 bits per heavy atom. The lowest BCUT2D eigenvalue weighted by molar-refractivity contribution is -0.153. The molecule has 0 saturated heterocycles. The van der Waals surface area contributed by atoms with E-state index in [0.717, 1.165) is 32.2 Å². The van der Waals surface area contributed by atoms with Crippen molar-refractivity contribution < 1.29 is 13.2 Å². The maximum absolute atomic E-state index is 12.6. The standard InChI is InChI=1S/C13H25F3N2/c1-4-8-17-12(5-2)10(3)18(11-6-7-11)9-13(14,15)16/h10-12,17H,4-9H2,1-3H3. The van der Waals surface area contributed by atoms with Crippen LogP contribution in [0.1, 0.15) is 46.5 Å². The third-order valence-corrected chi connectivity index (χ3v) is 3.58. The van der Waals surface area contributed by atoms with E-state index in [2.05, 4.69) is 12.2 Å². The first-order chi connectivity index (χ1) is 8.39. The van der Waals surface area contributed by atoms with Gasteiger partial charge in [0.2, 0.25) is 0 Å². The molecule has 108 valence electrons. The van der Waals surface area contributed by atoms with Crippen LogP contribution in [0.5, 0.6) is 0 Å². The third kappa shape index (κ3) is 5.14. The quantitative estimate of drug-likeness (QED) is 0.726. The highest BCUT2D eigenvalue weighted by atomic mass is 19.4. The van der Waals surface area contributed by atoms with E-state index >= 15 is 0 Å². The molecule has 1 aliphatic carbocycles. The highest BCUT2D eigenvalue weighted by Gasteiger charge is 2.41. The van der Waals surface area contributed by atoms with Crippen LogP contribution >= 0.6 is 0 Å². The molecule has 1 aliphatic rings. The Morgan fingerprint density at radius 3 is 2.28 bits per heavy atom. The second kappa shape index (κ2) is 6.75. The largest absolute Gasteiger partial charge is 0.401 e. The number of nitrogens with zero attached hydrogens (tertiary/aromatic N) is 1. The molecular formula is C13H25F3N2. The Labute approximate surface area is 108 Å². The van der Waals surface area contributed by atoms with Gasteiger partial charge in [0.25, 0.3) is 0 Å². The predicted molar refractivity (Wildman–Crippen MR) is 67.6 cm³/mol. The molecule has 1 N–H and O–H groups in total. The minimum Gasteiger partial charge on any atom is -0.312 e.